The van der Waals surface area contributed by atoms with E-state index < -0.39 is 6.03 Å². The van der Waals surface area contributed by atoms with Gasteiger partial charge in [-0.1, -0.05) is 19.1 Å². The molecule has 0 bridgehead atoms. The number of rotatable bonds is 4. The van der Waals surface area contributed by atoms with Crippen LogP contribution in [0.5, 0.6) is 11.5 Å². The molecule has 2 aromatic carbocycles. The minimum atomic E-state index is -0.453. The first-order valence-corrected chi connectivity index (χ1v) is 11.3. The maximum absolute atomic E-state index is 13.3. The van der Waals surface area contributed by atoms with Crippen LogP contribution in [0.25, 0.3) is 0 Å². The molecule has 3 rings (SSSR count). The van der Waals surface area contributed by atoms with Gasteiger partial charge in [0.1, 0.15) is 18.1 Å². The van der Waals surface area contributed by atoms with Gasteiger partial charge < -0.3 is 35.1 Å². The van der Waals surface area contributed by atoms with E-state index in [9.17, 15) is 9.59 Å². The Labute approximate surface area is 200 Å². The van der Waals surface area contributed by atoms with Gasteiger partial charge in [-0.2, -0.15) is 0 Å². The lowest BCUT2D eigenvalue weighted by molar-refractivity contribution is 0.0281. The quantitative estimate of drug-likeness (QED) is 0.633. The lowest BCUT2D eigenvalue weighted by Gasteiger charge is -2.30. The minimum Gasteiger partial charge on any atom is -0.495 e. The summed E-state index contributed by atoms with van der Waals surface area (Å²) < 4.78 is 16.9. The molecule has 1 heterocycles. The van der Waals surface area contributed by atoms with E-state index in [1.165, 1.54) is 7.11 Å². The molecule has 1 aliphatic heterocycles. The molecule has 9 heteroatoms. The Balaban J connectivity index is 1.83. The van der Waals surface area contributed by atoms with Crippen molar-refractivity contribution < 1.29 is 23.8 Å². The van der Waals surface area contributed by atoms with Crippen molar-refractivity contribution in [2.24, 2.45) is 5.92 Å². The third-order valence-electron chi connectivity index (χ3n) is 5.84. The Hall–Kier alpha value is -3.30. The van der Waals surface area contributed by atoms with Gasteiger partial charge in [0.2, 0.25) is 0 Å². The van der Waals surface area contributed by atoms with E-state index in [1.54, 1.807) is 55.5 Å². The third kappa shape index (κ3) is 6.39. The number of methoxy groups -OCH3 is 2. The summed E-state index contributed by atoms with van der Waals surface area (Å²) in [6.45, 7) is 5.70. The van der Waals surface area contributed by atoms with Crippen LogP contribution in [0.15, 0.2) is 42.5 Å². The molecular formula is C25H34N4O5. The Morgan fingerprint density at radius 1 is 1.15 bits per heavy atom. The Kier molecular flexibility index (Phi) is 8.72. The molecule has 3 amide bonds. The second-order valence-electron chi connectivity index (χ2n) is 8.55. The normalized spacial score (nSPS) is 21.4. The van der Waals surface area contributed by atoms with Gasteiger partial charge in [0, 0.05) is 39.0 Å². The molecule has 184 valence electrons. The highest BCUT2D eigenvalue weighted by atomic mass is 16.5. The summed E-state index contributed by atoms with van der Waals surface area (Å²) in [5.41, 5.74) is 1.37. The largest absolute Gasteiger partial charge is 0.495 e. The first-order chi connectivity index (χ1) is 16.3. The van der Waals surface area contributed by atoms with Crippen molar-refractivity contribution in [3.05, 3.63) is 48.0 Å². The summed E-state index contributed by atoms with van der Waals surface area (Å²) in [5.74, 6) is 1.00. The smallest absolute Gasteiger partial charge is 0.323 e. The van der Waals surface area contributed by atoms with Crippen LogP contribution in [0.4, 0.5) is 16.2 Å². The van der Waals surface area contributed by atoms with Crippen molar-refractivity contribution >= 4 is 23.3 Å². The van der Waals surface area contributed by atoms with Gasteiger partial charge in [-0.25, -0.2) is 4.79 Å². The van der Waals surface area contributed by atoms with Gasteiger partial charge in [-0.3, -0.25) is 4.79 Å². The monoisotopic (exact) mass is 470 g/mol. The number of urea groups is 1. The van der Waals surface area contributed by atoms with Crippen LogP contribution in [-0.4, -0.2) is 69.9 Å². The number of hydrogen-bond donors (Lipinski definition) is 3. The average Bonchev–Trinajstić information content (AvgIpc) is 2.84. The predicted octanol–water partition coefficient (Wildman–Crippen LogP) is 3.43. The van der Waals surface area contributed by atoms with E-state index in [2.05, 4.69) is 22.9 Å². The van der Waals surface area contributed by atoms with Crippen molar-refractivity contribution in [1.29, 1.82) is 0 Å². The highest BCUT2D eigenvalue weighted by Gasteiger charge is 2.25. The molecule has 0 spiro atoms. The van der Waals surface area contributed by atoms with Crippen LogP contribution in [0.2, 0.25) is 0 Å². The molecule has 34 heavy (non-hydrogen) atoms. The number of anilines is 2. The molecule has 0 aliphatic carbocycles. The number of hydrogen-bond acceptors (Lipinski definition) is 6. The molecule has 9 nitrogen and oxygen atoms in total. The van der Waals surface area contributed by atoms with E-state index in [4.69, 9.17) is 14.2 Å². The van der Waals surface area contributed by atoms with Crippen molar-refractivity contribution in [1.82, 2.24) is 10.2 Å². The average molecular weight is 471 g/mol. The highest BCUT2D eigenvalue weighted by molar-refractivity contribution is 6.03. The molecule has 0 saturated carbocycles. The fraction of sp³-hybridized carbons (Fsp3) is 0.440. The van der Waals surface area contributed by atoms with E-state index in [0.29, 0.717) is 41.6 Å². The number of benzene rings is 2. The van der Waals surface area contributed by atoms with E-state index in [1.807, 2.05) is 13.0 Å². The Morgan fingerprint density at radius 2 is 1.91 bits per heavy atom. The first-order valence-electron chi connectivity index (χ1n) is 11.3. The summed E-state index contributed by atoms with van der Waals surface area (Å²) in [6, 6.07) is 11.8. The summed E-state index contributed by atoms with van der Waals surface area (Å²) in [6.07, 6.45) is -0.120. The number of carbonyl (C=O) groups excluding carboxylic acids is 2. The second kappa shape index (κ2) is 11.7. The lowest BCUT2D eigenvalue weighted by Crippen LogP contribution is -2.44. The minimum absolute atomic E-state index is 0.0875. The van der Waals surface area contributed by atoms with E-state index in [-0.39, 0.29) is 24.0 Å². The molecule has 1 aliphatic rings. The lowest BCUT2D eigenvalue weighted by atomic mass is 10.0. The van der Waals surface area contributed by atoms with Crippen LogP contribution >= 0.6 is 0 Å². The number of carbonyl (C=O) groups is 2. The van der Waals surface area contributed by atoms with Gasteiger partial charge >= 0.3 is 6.03 Å². The molecule has 0 fully saturated rings. The number of ether oxygens (including phenoxy) is 3. The van der Waals surface area contributed by atoms with Gasteiger partial charge in [-0.05, 0) is 43.2 Å². The Bertz CT molecular complexity index is 999. The van der Waals surface area contributed by atoms with Gasteiger partial charge in [0.05, 0.1) is 24.5 Å². The molecule has 2 aromatic rings. The Morgan fingerprint density at radius 3 is 2.65 bits per heavy atom. The zero-order valence-electron chi connectivity index (χ0n) is 20.4. The number of para-hydroxylation sites is 2. The summed E-state index contributed by atoms with van der Waals surface area (Å²) >= 11 is 0. The fourth-order valence-corrected chi connectivity index (χ4v) is 3.77. The number of nitrogens with one attached hydrogen (secondary N) is 3. The molecule has 0 saturated heterocycles. The van der Waals surface area contributed by atoms with Gasteiger partial charge in [0.25, 0.3) is 5.91 Å². The third-order valence-corrected chi connectivity index (χ3v) is 5.84. The van der Waals surface area contributed by atoms with Crippen LogP contribution < -0.4 is 25.4 Å². The van der Waals surface area contributed by atoms with Crippen molar-refractivity contribution in [3.63, 3.8) is 0 Å². The van der Waals surface area contributed by atoms with Crippen LogP contribution in [0.3, 0.4) is 0 Å². The van der Waals surface area contributed by atoms with Gasteiger partial charge in [0.15, 0.2) is 0 Å². The zero-order chi connectivity index (χ0) is 24.7. The SMILES string of the molecule is COc1ccccc1NC(=O)Nc1ccc2c(c1)C(=O)N(C)C[C@H](OC)[C@@H](C)CN[C@H](C)CO2. The molecule has 3 atom stereocenters. The van der Waals surface area contributed by atoms with Gasteiger partial charge in [-0.15, -0.1) is 0 Å². The number of likely N-dealkylation sites (N-methyl/N-ethyl adjacent to an activating group) is 1. The van der Waals surface area contributed by atoms with E-state index in [0.717, 1.165) is 6.54 Å². The number of nitrogens with zero attached hydrogens (tertiary/aromatic N) is 1. The number of fused-ring (bicyclic) bond motifs is 1. The van der Waals surface area contributed by atoms with Crippen molar-refractivity contribution in [2.75, 3.05) is 51.6 Å². The fourth-order valence-electron chi connectivity index (χ4n) is 3.77. The molecular weight excluding hydrogens is 436 g/mol. The standard InChI is InChI=1S/C25H34N4O5/c1-16-13-26-17(2)15-34-21-11-10-18(12-19(21)24(30)29(3)14-23(16)33-5)27-25(31)28-20-8-6-7-9-22(20)32-4/h6-12,16-17,23,26H,13-15H2,1-5H3,(H2,27,28,31)/t16-,17+,23-/m0/s1. The maximum Gasteiger partial charge on any atom is 0.323 e. The molecule has 0 radical (unpaired) electrons. The maximum atomic E-state index is 13.3. The summed E-state index contributed by atoms with van der Waals surface area (Å²) in [5, 5.41) is 9.00. The molecule has 3 N–H and O–H groups in total. The first kappa shape index (κ1) is 25.3. The summed E-state index contributed by atoms with van der Waals surface area (Å²) in [7, 11) is 4.94. The highest BCUT2D eigenvalue weighted by Crippen LogP contribution is 2.27. The van der Waals surface area contributed by atoms with Crippen LogP contribution in [0, 0.1) is 5.92 Å². The van der Waals surface area contributed by atoms with E-state index >= 15 is 0 Å². The predicted molar refractivity (Wildman–Crippen MR) is 132 cm³/mol. The van der Waals surface area contributed by atoms with Crippen LogP contribution in [-0.2, 0) is 4.74 Å². The zero-order valence-corrected chi connectivity index (χ0v) is 20.4. The molecule has 0 unspecified atom stereocenters. The molecule has 0 aromatic heterocycles. The van der Waals surface area contributed by atoms with Crippen molar-refractivity contribution in [2.45, 2.75) is 26.0 Å². The van der Waals surface area contributed by atoms with Crippen molar-refractivity contribution in [3.8, 4) is 11.5 Å². The topological polar surface area (TPSA) is 101 Å². The second-order valence-corrected chi connectivity index (χ2v) is 8.55. The summed E-state index contributed by atoms with van der Waals surface area (Å²) in [4.78, 5) is 27.6. The number of amides is 3. The van der Waals surface area contributed by atoms with Crippen LogP contribution in [0.1, 0.15) is 24.2 Å².